The number of amidine groups is 1. The molecule has 2 aromatic rings. The van der Waals surface area contributed by atoms with Crippen molar-refractivity contribution in [2.75, 3.05) is 0 Å². The quantitative estimate of drug-likeness (QED) is 0.497. The van der Waals surface area contributed by atoms with E-state index in [1.54, 1.807) is 23.9 Å². The van der Waals surface area contributed by atoms with Crippen LogP contribution in [-0.4, -0.2) is 38.5 Å². The van der Waals surface area contributed by atoms with Gasteiger partial charge in [0.05, 0.1) is 10.9 Å². The van der Waals surface area contributed by atoms with Crippen LogP contribution < -0.4 is 5.73 Å². The maximum absolute atomic E-state index is 13.7. The summed E-state index contributed by atoms with van der Waals surface area (Å²) >= 11 is 1.56. The Morgan fingerprint density at radius 2 is 1.64 bits per heavy atom. The van der Waals surface area contributed by atoms with Gasteiger partial charge in [-0.2, -0.15) is 0 Å². The van der Waals surface area contributed by atoms with Crippen LogP contribution >= 0.6 is 11.8 Å². The summed E-state index contributed by atoms with van der Waals surface area (Å²) in [5, 5.41) is 0.917. The van der Waals surface area contributed by atoms with Crippen LogP contribution in [0.4, 0.5) is 0 Å². The molecule has 0 atom stereocenters. The van der Waals surface area contributed by atoms with Crippen molar-refractivity contribution in [2.45, 2.75) is 90.1 Å². The molecular weight excluding hydrogens is 468 g/mol. The van der Waals surface area contributed by atoms with Crippen LogP contribution in [-0.2, 0) is 4.79 Å². The van der Waals surface area contributed by atoms with E-state index in [-0.39, 0.29) is 11.9 Å². The van der Waals surface area contributed by atoms with Gasteiger partial charge in [0.15, 0.2) is 5.17 Å². The van der Waals surface area contributed by atoms with Crippen LogP contribution in [0.3, 0.4) is 0 Å². The van der Waals surface area contributed by atoms with Gasteiger partial charge in [0.1, 0.15) is 0 Å². The average molecular weight is 505 g/mol. The summed E-state index contributed by atoms with van der Waals surface area (Å²) in [6.07, 6.45) is 13.8. The van der Waals surface area contributed by atoms with E-state index >= 15 is 0 Å². The Hall–Kier alpha value is -2.80. The Morgan fingerprint density at radius 1 is 1.00 bits per heavy atom. The van der Waals surface area contributed by atoms with E-state index in [1.807, 2.05) is 23.1 Å². The lowest BCUT2D eigenvalue weighted by atomic mass is 9.94. The molecule has 190 valence electrons. The van der Waals surface area contributed by atoms with E-state index in [4.69, 9.17) is 10.7 Å². The molecular formula is C29H36N4O2S. The van der Waals surface area contributed by atoms with E-state index in [1.165, 1.54) is 38.5 Å². The summed E-state index contributed by atoms with van der Waals surface area (Å²) in [6.45, 7) is 4.13. The molecule has 5 rings (SSSR count). The molecule has 3 aliphatic rings. The third-order valence-electron chi connectivity index (χ3n) is 7.81. The SMILES string of the molecule is Cc1cc(C=C2SC(=NC3CCCCC3)N(C3CCCCC3)C2=O)c(C)n1-c1ccc(C(N)=O)cc1. The average Bonchev–Trinajstić information content (AvgIpc) is 3.34. The van der Waals surface area contributed by atoms with Crippen molar-refractivity contribution in [1.82, 2.24) is 9.47 Å². The minimum absolute atomic E-state index is 0.108. The highest BCUT2D eigenvalue weighted by Gasteiger charge is 2.39. The van der Waals surface area contributed by atoms with Crippen molar-refractivity contribution in [3.8, 4) is 5.69 Å². The zero-order chi connectivity index (χ0) is 25.2. The second kappa shape index (κ2) is 10.7. The van der Waals surface area contributed by atoms with Crippen LogP contribution in [0.5, 0.6) is 0 Å². The number of hydrogen-bond acceptors (Lipinski definition) is 4. The van der Waals surface area contributed by atoms with Crippen molar-refractivity contribution in [1.29, 1.82) is 0 Å². The fraction of sp³-hybridized carbons (Fsp3) is 0.483. The zero-order valence-electron chi connectivity index (χ0n) is 21.3. The number of amides is 2. The first kappa shape index (κ1) is 24.9. The second-order valence-corrected chi connectivity index (χ2v) is 11.4. The van der Waals surface area contributed by atoms with Crippen LogP contribution in [0.25, 0.3) is 11.8 Å². The fourth-order valence-electron chi connectivity index (χ4n) is 5.85. The number of nitrogens with two attached hydrogens (primary N) is 1. The Kier molecular flexibility index (Phi) is 7.37. The maximum Gasteiger partial charge on any atom is 0.267 e. The molecule has 2 N–H and O–H groups in total. The second-order valence-electron chi connectivity index (χ2n) is 10.4. The fourth-order valence-corrected chi connectivity index (χ4v) is 6.95. The largest absolute Gasteiger partial charge is 0.366 e. The summed E-state index contributed by atoms with van der Waals surface area (Å²) in [7, 11) is 0. The summed E-state index contributed by atoms with van der Waals surface area (Å²) < 4.78 is 2.15. The van der Waals surface area contributed by atoms with E-state index in [0.29, 0.717) is 11.6 Å². The minimum Gasteiger partial charge on any atom is -0.366 e. The molecule has 0 bridgehead atoms. The van der Waals surface area contributed by atoms with Crippen LogP contribution in [0, 0.1) is 13.8 Å². The van der Waals surface area contributed by atoms with Crippen molar-refractivity contribution in [2.24, 2.45) is 10.7 Å². The normalized spacial score (nSPS) is 22.2. The van der Waals surface area contributed by atoms with E-state index < -0.39 is 5.91 Å². The van der Waals surface area contributed by atoms with Gasteiger partial charge in [0, 0.05) is 28.7 Å². The highest BCUT2D eigenvalue weighted by molar-refractivity contribution is 8.18. The van der Waals surface area contributed by atoms with Gasteiger partial charge in [-0.15, -0.1) is 0 Å². The molecule has 0 spiro atoms. The lowest BCUT2D eigenvalue weighted by Gasteiger charge is -2.31. The van der Waals surface area contributed by atoms with Crippen molar-refractivity contribution in [3.63, 3.8) is 0 Å². The highest BCUT2D eigenvalue weighted by Crippen LogP contribution is 2.39. The molecule has 1 aromatic carbocycles. The maximum atomic E-state index is 13.7. The Bertz CT molecular complexity index is 1200. The van der Waals surface area contributed by atoms with Gasteiger partial charge in [-0.05, 0) is 93.3 Å². The number of carbonyl (C=O) groups excluding carboxylic acids is 2. The van der Waals surface area contributed by atoms with Gasteiger partial charge in [0.2, 0.25) is 5.91 Å². The summed E-state index contributed by atoms with van der Waals surface area (Å²) in [5.41, 5.74) is 10.0. The first-order valence-corrected chi connectivity index (χ1v) is 14.1. The summed E-state index contributed by atoms with van der Waals surface area (Å²) in [4.78, 5) is 33.2. The lowest BCUT2D eigenvalue weighted by molar-refractivity contribution is -0.124. The van der Waals surface area contributed by atoms with Gasteiger partial charge >= 0.3 is 0 Å². The topological polar surface area (TPSA) is 80.7 Å². The predicted octanol–water partition coefficient (Wildman–Crippen LogP) is 6.13. The molecule has 2 heterocycles. The number of rotatable bonds is 5. The molecule has 6 nitrogen and oxygen atoms in total. The number of aryl methyl sites for hydroxylation is 1. The van der Waals surface area contributed by atoms with Gasteiger partial charge in [-0.1, -0.05) is 38.5 Å². The molecule has 36 heavy (non-hydrogen) atoms. The molecule has 1 aliphatic heterocycles. The highest BCUT2D eigenvalue weighted by atomic mass is 32.2. The van der Waals surface area contributed by atoms with Crippen LogP contribution in [0.15, 0.2) is 40.2 Å². The molecule has 7 heteroatoms. The number of thioether (sulfide) groups is 1. The van der Waals surface area contributed by atoms with Crippen LogP contribution in [0.1, 0.15) is 91.5 Å². The predicted molar refractivity (Wildman–Crippen MR) is 147 cm³/mol. The summed E-state index contributed by atoms with van der Waals surface area (Å²) in [6, 6.07) is 10.1. The monoisotopic (exact) mass is 504 g/mol. The zero-order valence-corrected chi connectivity index (χ0v) is 22.2. The number of carbonyl (C=O) groups is 2. The number of hydrogen-bond donors (Lipinski definition) is 1. The lowest BCUT2D eigenvalue weighted by Crippen LogP contribution is -2.41. The number of benzene rings is 1. The molecule has 1 aromatic heterocycles. The molecule has 1 saturated heterocycles. The van der Waals surface area contributed by atoms with E-state index in [2.05, 4.69) is 24.5 Å². The Morgan fingerprint density at radius 3 is 2.28 bits per heavy atom. The Balaban J connectivity index is 1.46. The minimum atomic E-state index is -0.432. The smallest absolute Gasteiger partial charge is 0.267 e. The molecule has 2 amide bonds. The third-order valence-corrected chi connectivity index (χ3v) is 8.81. The number of aliphatic imine (C=N–C) groups is 1. The van der Waals surface area contributed by atoms with Gasteiger partial charge in [0.25, 0.3) is 5.91 Å². The van der Waals surface area contributed by atoms with Crippen LogP contribution in [0.2, 0.25) is 0 Å². The number of aromatic nitrogens is 1. The number of nitrogens with zero attached hydrogens (tertiary/aromatic N) is 3. The van der Waals surface area contributed by atoms with Crippen molar-refractivity contribution >= 4 is 34.8 Å². The molecule has 2 saturated carbocycles. The molecule has 0 unspecified atom stereocenters. The molecule has 0 radical (unpaired) electrons. The summed E-state index contributed by atoms with van der Waals surface area (Å²) in [5.74, 6) is -0.324. The standard InChI is InChI=1S/C29H36N4O2S/c1-19-17-22(20(2)32(19)25-15-13-21(14-16-25)27(30)34)18-26-28(35)33(24-11-7-4-8-12-24)29(36-26)31-23-9-5-3-6-10-23/h13-18,23-24H,3-12H2,1-2H3,(H2,30,34). The number of primary amides is 1. The third kappa shape index (κ3) is 5.03. The molecule has 2 aliphatic carbocycles. The molecule has 3 fully saturated rings. The van der Waals surface area contributed by atoms with E-state index in [9.17, 15) is 9.59 Å². The van der Waals surface area contributed by atoms with Crippen molar-refractivity contribution in [3.05, 3.63) is 57.8 Å². The van der Waals surface area contributed by atoms with Gasteiger partial charge < -0.3 is 10.3 Å². The van der Waals surface area contributed by atoms with Crippen molar-refractivity contribution < 1.29 is 9.59 Å². The first-order chi connectivity index (χ1) is 17.4. The Labute approximate surface area is 218 Å². The van der Waals surface area contributed by atoms with Gasteiger partial charge in [-0.3, -0.25) is 19.5 Å². The van der Waals surface area contributed by atoms with E-state index in [0.717, 1.165) is 58.4 Å². The first-order valence-electron chi connectivity index (χ1n) is 13.3. The van der Waals surface area contributed by atoms with Gasteiger partial charge in [-0.25, -0.2) is 0 Å².